The summed E-state index contributed by atoms with van der Waals surface area (Å²) in [6, 6.07) is 5.34. The molecule has 0 spiro atoms. The zero-order chi connectivity index (χ0) is 12.8. The highest BCUT2D eigenvalue weighted by Gasteiger charge is 2.01. The van der Waals surface area contributed by atoms with Crippen LogP contribution in [0.2, 0.25) is 10.0 Å². The van der Waals surface area contributed by atoms with Gasteiger partial charge in [-0.25, -0.2) is 4.99 Å². The Labute approximate surface area is 112 Å². The standard InChI is InChI=1S/C12H17Cl2N3/c1-8(2)6-16-12(15)17-7-9-3-4-10(13)5-11(9)14/h3-5,8H,6-7H2,1-2H3,(H3,15,16,17). The lowest BCUT2D eigenvalue weighted by Gasteiger charge is -2.08. The first-order valence-electron chi connectivity index (χ1n) is 5.46. The summed E-state index contributed by atoms with van der Waals surface area (Å²) in [6.45, 7) is 5.48. The topological polar surface area (TPSA) is 50.4 Å². The summed E-state index contributed by atoms with van der Waals surface area (Å²) in [5.74, 6) is 0.965. The Hall–Kier alpha value is -0.930. The van der Waals surface area contributed by atoms with Crippen LogP contribution in [0, 0.1) is 5.92 Å². The maximum absolute atomic E-state index is 6.03. The molecule has 0 aliphatic heterocycles. The predicted octanol–water partition coefficient (Wildman–Crippen LogP) is 3.05. The van der Waals surface area contributed by atoms with Crippen LogP contribution in [-0.2, 0) is 6.54 Å². The van der Waals surface area contributed by atoms with Crippen molar-refractivity contribution in [1.29, 1.82) is 0 Å². The molecule has 0 bridgehead atoms. The molecule has 17 heavy (non-hydrogen) atoms. The van der Waals surface area contributed by atoms with Crippen molar-refractivity contribution in [2.45, 2.75) is 20.4 Å². The summed E-state index contributed by atoms with van der Waals surface area (Å²) in [7, 11) is 0. The van der Waals surface area contributed by atoms with Gasteiger partial charge in [0, 0.05) is 16.6 Å². The summed E-state index contributed by atoms with van der Waals surface area (Å²) in [4.78, 5) is 4.21. The lowest BCUT2D eigenvalue weighted by atomic mass is 10.2. The van der Waals surface area contributed by atoms with Crippen LogP contribution in [0.1, 0.15) is 19.4 Å². The highest BCUT2D eigenvalue weighted by molar-refractivity contribution is 6.35. The van der Waals surface area contributed by atoms with Gasteiger partial charge in [-0.15, -0.1) is 0 Å². The fraction of sp³-hybridized carbons (Fsp3) is 0.417. The number of hydrogen-bond donors (Lipinski definition) is 2. The van der Waals surface area contributed by atoms with Gasteiger partial charge in [-0.1, -0.05) is 43.1 Å². The third-order valence-corrected chi connectivity index (χ3v) is 2.71. The molecule has 1 aromatic rings. The summed E-state index contributed by atoms with van der Waals surface area (Å²) >= 11 is 11.8. The van der Waals surface area contributed by atoms with E-state index in [1.807, 2.05) is 6.07 Å². The number of nitrogens with two attached hydrogens (primary N) is 1. The van der Waals surface area contributed by atoms with E-state index in [1.165, 1.54) is 0 Å². The average Bonchev–Trinajstić information content (AvgIpc) is 2.25. The Morgan fingerprint density at radius 2 is 2.12 bits per heavy atom. The second kappa shape index (κ2) is 6.72. The first-order valence-corrected chi connectivity index (χ1v) is 6.22. The van der Waals surface area contributed by atoms with Crippen LogP contribution in [0.25, 0.3) is 0 Å². The Kier molecular flexibility index (Phi) is 5.59. The first-order chi connectivity index (χ1) is 7.99. The predicted molar refractivity (Wildman–Crippen MR) is 74.6 cm³/mol. The van der Waals surface area contributed by atoms with E-state index >= 15 is 0 Å². The molecule has 0 aliphatic rings. The van der Waals surface area contributed by atoms with Gasteiger partial charge in [-0.3, -0.25) is 0 Å². The van der Waals surface area contributed by atoms with E-state index < -0.39 is 0 Å². The van der Waals surface area contributed by atoms with Crippen molar-refractivity contribution in [3.8, 4) is 0 Å². The summed E-state index contributed by atoms with van der Waals surface area (Å²) in [6.07, 6.45) is 0. The lowest BCUT2D eigenvalue weighted by molar-refractivity contribution is 0.622. The number of rotatable bonds is 4. The molecule has 0 aliphatic carbocycles. The number of hydrogen-bond acceptors (Lipinski definition) is 1. The van der Waals surface area contributed by atoms with Gasteiger partial charge in [0.15, 0.2) is 5.96 Å². The van der Waals surface area contributed by atoms with E-state index in [0.29, 0.717) is 28.5 Å². The summed E-state index contributed by atoms with van der Waals surface area (Å²) < 4.78 is 0. The number of benzene rings is 1. The van der Waals surface area contributed by atoms with Gasteiger partial charge < -0.3 is 11.1 Å². The quantitative estimate of drug-likeness (QED) is 0.655. The number of nitrogens with one attached hydrogen (secondary N) is 1. The molecule has 5 heteroatoms. The van der Waals surface area contributed by atoms with Crippen molar-refractivity contribution in [3.05, 3.63) is 33.8 Å². The minimum absolute atomic E-state index is 0.435. The van der Waals surface area contributed by atoms with E-state index in [1.54, 1.807) is 12.1 Å². The average molecular weight is 274 g/mol. The van der Waals surface area contributed by atoms with Crippen molar-refractivity contribution in [2.75, 3.05) is 6.54 Å². The molecule has 0 heterocycles. The second-order valence-electron chi connectivity index (χ2n) is 4.21. The molecule has 0 saturated carbocycles. The molecular weight excluding hydrogens is 257 g/mol. The van der Waals surface area contributed by atoms with Crippen LogP contribution < -0.4 is 11.1 Å². The van der Waals surface area contributed by atoms with Crippen LogP contribution in [0.5, 0.6) is 0 Å². The molecule has 0 aromatic heterocycles. The maximum Gasteiger partial charge on any atom is 0.188 e. The third kappa shape index (κ3) is 5.29. The van der Waals surface area contributed by atoms with E-state index in [2.05, 4.69) is 24.2 Å². The van der Waals surface area contributed by atoms with Gasteiger partial charge in [-0.05, 0) is 23.6 Å². The van der Waals surface area contributed by atoms with Crippen LogP contribution in [0.3, 0.4) is 0 Å². The smallest absolute Gasteiger partial charge is 0.188 e. The normalized spacial score (nSPS) is 11.9. The van der Waals surface area contributed by atoms with Crippen LogP contribution in [-0.4, -0.2) is 12.5 Å². The molecule has 3 N–H and O–H groups in total. The zero-order valence-electron chi connectivity index (χ0n) is 10.0. The monoisotopic (exact) mass is 273 g/mol. The molecule has 0 radical (unpaired) electrons. The van der Waals surface area contributed by atoms with Crippen molar-refractivity contribution >= 4 is 29.2 Å². The Bertz CT molecular complexity index is 403. The molecule has 1 aromatic carbocycles. The molecule has 1 rings (SSSR count). The second-order valence-corrected chi connectivity index (χ2v) is 5.06. The van der Waals surface area contributed by atoms with E-state index in [9.17, 15) is 0 Å². The van der Waals surface area contributed by atoms with Crippen LogP contribution in [0.15, 0.2) is 23.2 Å². The van der Waals surface area contributed by atoms with Crippen molar-refractivity contribution in [2.24, 2.45) is 16.6 Å². The highest BCUT2D eigenvalue weighted by Crippen LogP contribution is 2.21. The van der Waals surface area contributed by atoms with Crippen molar-refractivity contribution in [3.63, 3.8) is 0 Å². The molecule has 3 nitrogen and oxygen atoms in total. The SMILES string of the molecule is CC(C)CNC(N)=NCc1ccc(Cl)cc1Cl. The number of guanidine groups is 1. The molecule has 0 atom stereocenters. The molecule has 0 amide bonds. The third-order valence-electron chi connectivity index (χ3n) is 2.13. The number of halogens is 2. The maximum atomic E-state index is 6.03. The highest BCUT2D eigenvalue weighted by atomic mass is 35.5. The van der Waals surface area contributed by atoms with E-state index in [-0.39, 0.29) is 0 Å². The zero-order valence-corrected chi connectivity index (χ0v) is 11.5. The fourth-order valence-corrected chi connectivity index (χ4v) is 1.65. The first kappa shape index (κ1) is 14.1. The van der Waals surface area contributed by atoms with Gasteiger partial charge in [0.2, 0.25) is 0 Å². The Morgan fingerprint density at radius 1 is 1.41 bits per heavy atom. The van der Waals surface area contributed by atoms with Gasteiger partial charge in [0.25, 0.3) is 0 Å². The van der Waals surface area contributed by atoms with Crippen LogP contribution in [0.4, 0.5) is 0 Å². The number of aliphatic imine (C=N–C) groups is 1. The molecular formula is C12H17Cl2N3. The minimum Gasteiger partial charge on any atom is -0.370 e. The van der Waals surface area contributed by atoms with E-state index in [0.717, 1.165) is 12.1 Å². The van der Waals surface area contributed by atoms with Crippen molar-refractivity contribution in [1.82, 2.24) is 5.32 Å². The van der Waals surface area contributed by atoms with E-state index in [4.69, 9.17) is 28.9 Å². The van der Waals surface area contributed by atoms with Gasteiger partial charge >= 0.3 is 0 Å². The van der Waals surface area contributed by atoms with Gasteiger partial charge in [-0.2, -0.15) is 0 Å². The van der Waals surface area contributed by atoms with Gasteiger partial charge in [0.1, 0.15) is 0 Å². The fourth-order valence-electron chi connectivity index (χ4n) is 1.18. The molecule has 0 fully saturated rings. The molecule has 0 saturated heterocycles. The minimum atomic E-state index is 0.435. The van der Waals surface area contributed by atoms with Crippen LogP contribution >= 0.6 is 23.2 Å². The Balaban J connectivity index is 2.56. The molecule has 0 unspecified atom stereocenters. The van der Waals surface area contributed by atoms with Gasteiger partial charge in [0.05, 0.1) is 6.54 Å². The summed E-state index contributed by atoms with van der Waals surface area (Å²) in [5.41, 5.74) is 6.63. The summed E-state index contributed by atoms with van der Waals surface area (Å²) in [5, 5.41) is 4.27. The Morgan fingerprint density at radius 3 is 2.71 bits per heavy atom. The number of nitrogens with zero attached hydrogens (tertiary/aromatic N) is 1. The lowest BCUT2D eigenvalue weighted by Crippen LogP contribution is -2.34. The largest absolute Gasteiger partial charge is 0.370 e. The molecule has 94 valence electrons. The van der Waals surface area contributed by atoms with Crippen molar-refractivity contribution < 1.29 is 0 Å².